The van der Waals surface area contributed by atoms with Gasteiger partial charge in [-0.25, -0.2) is 0 Å². The van der Waals surface area contributed by atoms with Crippen LogP contribution in [0.2, 0.25) is 0 Å². The summed E-state index contributed by atoms with van der Waals surface area (Å²) in [7, 11) is 0. The van der Waals surface area contributed by atoms with Gasteiger partial charge in [0, 0.05) is 13.1 Å². The zero-order chi connectivity index (χ0) is 17.8. The Labute approximate surface area is 143 Å². The molecule has 0 aliphatic heterocycles. The minimum absolute atomic E-state index is 0.107. The molecular formula is C18H24N2O4. The zero-order valence-electron chi connectivity index (χ0n) is 14.3. The summed E-state index contributed by atoms with van der Waals surface area (Å²) in [5.41, 5.74) is 1.13. The second-order valence-electron chi connectivity index (χ2n) is 5.13. The summed E-state index contributed by atoms with van der Waals surface area (Å²) in [4.78, 5) is 25.2. The molecule has 1 amide bonds. The third-order valence-corrected chi connectivity index (χ3v) is 3.41. The second kappa shape index (κ2) is 11.1. The molecule has 0 spiro atoms. The number of ether oxygens (including phenoxy) is 2. The van der Waals surface area contributed by atoms with E-state index in [1.165, 1.54) is 4.90 Å². The van der Waals surface area contributed by atoms with Gasteiger partial charge in [0.25, 0.3) is 5.91 Å². The highest BCUT2D eigenvalue weighted by Gasteiger charge is 2.16. The van der Waals surface area contributed by atoms with Crippen LogP contribution in [0.4, 0.5) is 0 Å². The highest BCUT2D eigenvalue weighted by atomic mass is 16.5. The van der Waals surface area contributed by atoms with Crippen LogP contribution in [0.3, 0.4) is 0 Å². The summed E-state index contributed by atoms with van der Waals surface area (Å²) in [5, 5.41) is 8.71. The smallest absolute Gasteiger partial charge is 0.307 e. The minimum atomic E-state index is -0.358. The Balaban J connectivity index is 2.56. The highest BCUT2D eigenvalue weighted by Crippen LogP contribution is 2.13. The fraction of sp³-hybridized carbons (Fsp3) is 0.500. The first-order chi connectivity index (χ1) is 11.6. The van der Waals surface area contributed by atoms with Crippen molar-refractivity contribution in [1.82, 2.24) is 4.90 Å². The first-order valence-electron chi connectivity index (χ1n) is 8.12. The van der Waals surface area contributed by atoms with Crippen LogP contribution in [0.15, 0.2) is 24.3 Å². The fourth-order valence-corrected chi connectivity index (χ4v) is 2.10. The van der Waals surface area contributed by atoms with Crippen molar-refractivity contribution in [2.24, 2.45) is 0 Å². The molecule has 6 nitrogen and oxygen atoms in total. The highest BCUT2D eigenvalue weighted by molar-refractivity contribution is 5.78. The van der Waals surface area contributed by atoms with E-state index >= 15 is 0 Å². The number of rotatable bonds is 10. The van der Waals surface area contributed by atoms with Crippen LogP contribution >= 0.6 is 0 Å². The molecule has 130 valence electrons. The molecular weight excluding hydrogens is 308 g/mol. The second-order valence-corrected chi connectivity index (χ2v) is 5.13. The van der Waals surface area contributed by atoms with Crippen molar-refractivity contribution in [3.63, 3.8) is 0 Å². The van der Waals surface area contributed by atoms with Gasteiger partial charge in [0.2, 0.25) is 0 Å². The molecule has 1 rings (SSSR count). The zero-order valence-corrected chi connectivity index (χ0v) is 14.3. The maximum atomic E-state index is 12.3. The van der Waals surface area contributed by atoms with Crippen molar-refractivity contribution < 1.29 is 19.1 Å². The van der Waals surface area contributed by atoms with Crippen LogP contribution in [-0.2, 0) is 20.7 Å². The molecule has 0 bridgehead atoms. The van der Waals surface area contributed by atoms with Crippen LogP contribution in [0, 0.1) is 11.3 Å². The number of amides is 1. The Morgan fingerprint density at radius 2 is 2.04 bits per heavy atom. The predicted octanol–water partition coefficient (Wildman–Crippen LogP) is 2.32. The minimum Gasteiger partial charge on any atom is -0.484 e. The number of nitriles is 1. The molecule has 0 saturated carbocycles. The summed E-state index contributed by atoms with van der Waals surface area (Å²) < 4.78 is 10.4. The Hall–Kier alpha value is -2.55. The third-order valence-electron chi connectivity index (χ3n) is 3.41. The lowest BCUT2D eigenvalue weighted by Gasteiger charge is -2.21. The molecule has 1 aromatic carbocycles. The van der Waals surface area contributed by atoms with Crippen molar-refractivity contribution in [3.8, 4) is 11.8 Å². The molecule has 1 aromatic rings. The van der Waals surface area contributed by atoms with Crippen LogP contribution in [0.5, 0.6) is 5.75 Å². The van der Waals surface area contributed by atoms with Crippen molar-refractivity contribution in [2.45, 2.75) is 33.1 Å². The summed E-state index contributed by atoms with van der Waals surface area (Å²) in [5.74, 6) is 0.0219. The molecule has 0 fully saturated rings. The molecule has 0 aromatic heterocycles. The van der Waals surface area contributed by atoms with Gasteiger partial charge in [-0.05, 0) is 31.0 Å². The number of benzene rings is 1. The van der Waals surface area contributed by atoms with Gasteiger partial charge in [0.05, 0.1) is 25.5 Å². The topological polar surface area (TPSA) is 79.6 Å². The Morgan fingerprint density at radius 1 is 1.25 bits per heavy atom. The number of nitrogens with zero attached hydrogens (tertiary/aromatic N) is 2. The van der Waals surface area contributed by atoms with Gasteiger partial charge in [-0.15, -0.1) is 0 Å². The van der Waals surface area contributed by atoms with E-state index in [0.29, 0.717) is 12.4 Å². The molecule has 0 radical (unpaired) electrons. The number of hydrogen-bond donors (Lipinski definition) is 0. The summed E-state index contributed by atoms with van der Waals surface area (Å²) >= 11 is 0. The lowest BCUT2D eigenvalue weighted by atomic mass is 10.2. The first kappa shape index (κ1) is 19.5. The van der Waals surface area contributed by atoms with E-state index in [2.05, 4.69) is 0 Å². The molecule has 0 N–H and O–H groups in total. The largest absolute Gasteiger partial charge is 0.484 e. The predicted molar refractivity (Wildman–Crippen MR) is 89.4 cm³/mol. The van der Waals surface area contributed by atoms with E-state index in [1.54, 1.807) is 13.0 Å². The van der Waals surface area contributed by atoms with Gasteiger partial charge >= 0.3 is 5.97 Å². The number of carbonyl (C=O) groups excluding carboxylic acids is 2. The first-order valence-corrected chi connectivity index (χ1v) is 8.12. The lowest BCUT2D eigenvalue weighted by molar-refractivity contribution is -0.144. The normalized spacial score (nSPS) is 9.88. The van der Waals surface area contributed by atoms with Crippen molar-refractivity contribution >= 4 is 11.9 Å². The fourth-order valence-electron chi connectivity index (χ4n) is 2.10. The maximum absolute atomic E-state index is 12.3. The lowest BCUT2D eigenvalue weighted by Crippen LogP contribution is -2.37. The van der Waals surface area contributed by atoms with Gasteiger partial charge in [0.1, 0.15) is 5.75 Å². The van der Waals surface area contributed by atoms with E-state index in [9.17, 15) is 9.59 Å². The van der Waals surface area contributed by atoms with Gasteiger partial charge in [-0.1, -0.05) is 19.1 Å². The Morgan fingerprint density at radius 3 is 2.71 bits per heavy atom. The van der Waals surface area contributed by atoms with E-state index in [-0.39, 0.29) is 44.4 Å². The van der Waals surface area contributed by atoms with Crippen LogP contribution in [-0.4, -0.2) is 43.1 Å². The van der Waals surface area contributed by atoms with Gasteiger partial charge in [-0.3, -0.25) is 9.59 Å². The van der Waals surface area contributed by atoms with Crippen molar-refractivity contribution in [2.75, 3.05) is 26.3 Å². The summed E-state index contributed by atoms with van der Waals surface area (Å²) in [6.45, 7) is 4.45. The van der Waals surface area contributed by atoms with Crippen LogP contribution in [0.1, 0.15) is 32.3 Å². The quantitative estimate of drug-likeness (QED) is 0.614. The SMILES string of the molecule is CCOC(=O)CCN(CCC#N)C(=O)COc1cccc(CC)c1. The Bertz CT molecular complexity index is 581. The standard InChI is InChI=1S/C18H24N2O4/c1-3-15-7-5-8-16(13-15)24-14-17(21)20(11-6-10-19)12-9-18(22)23-4-2/h5,7-8,13H,3-4,6,9,11-12,14H2,1-2H3. The number of hydrogen-bond acceptors (Lipinski definition) is 5. The molecule has 0 heterocycles. The molecule has 0 aliphatic rings. The average molecular weight is 332 g/mol. The molecule has 6 heteroatoms. The molecule has 24 heavy (non-hydrogen) atoms. The van der Waals surface area contributed by atoms with E-state index in [0.717, 1.165) is 12.0 Å². The van der Waals surface area contributed by atoms with Gasteiger partial charge in [-0.2, -0.15) is 5.26 Å². The molecule has 0 unspecified atom stereocenters. The van der Waals surface area contributed by atoms with Gasteiger partial charge < -0.3 is 14.4 Å². The van der Waals surface area contributed by atoms with E-state index < -0.39 is 0 Å². The third kappa shape index (κ3) is 7.14. The van der Waals surface area contributed by atoms with Crippen LogP contribution in [0.25, 0.3) is 0 Å². The monoisotopic (exact) mass is 332 g/mol. The number of esters is 1. The number of carbonyl (C=O) groups is 2. The van der Waals surface area contributed by atoms with Crippen molar-refractivity contribution in [3.05, 3.63) is 29.8 Å². The Kier molecular flexibility index (Phi) is 8.98. The van der Waals surface area contributed by atoms with E-state index in [4.69, 9.17) is 14.7 Å². The average Bonchev–Trinajstić information content (AvgIpc) is 2.60. The molecule has 0 atom stereocenters. The van der Waals surface area contributed by atoms with Gasteiger partial charge in [0.15, 0.2) is 6.61 Å². The van der Waals surface area contributed by atoms with Crippen LogP contribution < -0.4 is 4.74 Å². The maximum Gasteiger partial charge on any atom is 0.307 e. The summed E-state index contributed by atoms with van der Waals surface area (Å²) in [6, 6.07) is 9.57. The molecule has 0 aliphatic carbocycles. The summed E-state index contributed by atoms with van der Waals surface area (Å²) in [6.07, 6.45) is 1.20. The van der Waals surface area contributed by atoms with Crippen molar-refractivity contribution in [1.29, 1.82) is 5.26 Å². The van der Waals surface area contributed by atoms with E-state index in [1.807, 2.05) is 31.2 Å². The number of aryl methyl sites for hydroxylation is 1. The molecule has 0 saturated heterocycles.